The third-order valence-electron chi connectivity index (χ3n) is 5.86. The van der Waals surface area contributed by atoms with Crippen LogP contribution in [0.25, 0.3) is 10.9 Å². The minimum atomic E-state index is -0.171. The topological polar surface area (TPSA) is 60.0 Å². The Bertz CT molecular complexity index is 1100. The smallest absolute Gasteiger partial charge is 0.162 e. The zero-order chi connectivity index (χ0) is 22.9. The van der Waals surface area contributed by atoms with E-state index in [4.69, 9.17) is 24.2 Å². The molecule has 0 spiro atoms. The van der Waals surface area contributed by atoms with Crippen LogP contribution in [-0.2, 0) is 5.41 Å². The minimum Gasteiger partial charge on any atom is -0.495 e. The van der Waals surface area contributed by atoms with Crippen LogP contribution in [0, 0.1) is 0 Å². The highest BCUT2D eigenvalue weighted by molar-refractivity contribution is 5.92. The molecule has 1 aromatic heterocycles. The van der Waals surface area contributed by atoms with Crippen molar-refractivity contribution in [2.45, 2.75) is 26.2 Å². The molecule has 0 radical (unpaired) electrons. The lowest BCUT2D eigenvalue weighted by Crippen LogP contribution is -2.47. The molecule has 0 aliphatic carbocycles. The molecule has 1 aliphatic rings. The molecule has 7 heteroatoms. The maximum atomic E-state index is 5.57. The molecule has 1 aliphatic heterocycles. The highest BCUT2D eigenvalue weighted by Gasteiger charge is 2.26. The number of anilines is 2. The quantitative estimate of drug-likeness (QED) is 0.592. The van der Waals surface area contributed by atoms with Gasteiger partial charge >= 0.3 is 0 Å². The van der Waals surface area contributed by atoms with Crippen molar-refractivity contribution >= 4 is 22.4 Å². The van der Waals surface area contributed by atoms with Crippen molar-refractivity contribution in [3.05, 3.63) is 42.2 Å². The summed E-state index contributed by atoms with van der Waals surface area (Å²) in [5.41, 5.74) is 1.82. The van der Waals surface area contributed by atoms with E-state index in [0.717, 1.165) is 60.2 Å². The van der Waals surface area contributed by atoms with Gasteiger partial charge in [-0.25, -0.2) is 9.97 Å². The second-order valence-electron chi connectivity index (χ2n) is 8.99. The van der Waals surface area contributed by atoms with Gasteiger partial charge in [-0.3, -0.25) is 0 Å². The largest absolute Gasteiger partial charge is 0.495 e. The molecule has 0 atom stereocenters. The van der Waals surface area contributed by atoms with E-state index in [-0.39, 0.29) is 5.41 Å². The van der Waals surface area contributed by atoms with Gasteiger partial charge in [-0.15, -0.1) is 0 Å². The van der Waals surface area contributed by atoms with E-state index in [1.54, 1.807) is 21.3 Å². The molecule has 1 saturated heterocycles. The Morgan fingerprint density at radius 1 is 0.750 bits per heavy atom. The van der Waals surface area contributed by atoms with E-state index >= 15 is 0 Å². The Balaban J connectivity index is 1.72. The van der Waals surface area contributed by atoms with Crippen LogP contribution in [0.2, 0.25) is 0 Å². The lowest BCUT2D eigenvalue weighted by atomic mass is 9.95. The zero-order valence-electron chi connectivity index (χ0n) is 19.8. The van der Waals surface area contributed by atoms with Gasteiger partial charge in [-0.2, -0.15) is 0 Å². The average Bonchev–Trinajstić information content (AvgIpc) is 2.81. The van der Waals surface area contributed by atoms with Gasteiger partial charge in [0.15, 0.2) is 11.5 Å². The maximum Gasteiger partial charge on any atom is 0.162 e. The Kier molecular flexibility index (Phi) is 6.00. The number of fused-ring (bicyclic) bond motifs is 1. The Morgan fingerprint density at radius 3 is 1.97 bits per heavy atom. The van der Waals surface area contributed by atoms with Gasteiger partial charge < -0.3 is 24.0 Å². The first kappa shape index (κ1) is 22.0. The number of ether oxygens (including phenoxy) is 3. The molecular formula is C25H32N4O3. The molecule has 170 valence electrons. The highest BCUT2D eigenvalue weighted by Crippen LogP contribution is 2.37. The van der Waals surface area contributed by atoms with Gasteiger partial charge in [-0.1, -0.05) is 32.9 Å². The standard InChI is InChI=1S/C25H32N4O3/c1-25(2,3)24-26-18-16-22(32-6)21(31-5)15-17(18)23(27-24)29-13-11-28(12-14-29)19-9-7-8-10-20(19)30-4/h7-10,15-16H,11-14H2,1-6H3. The molecule has 4 rings (SSSR count). The Hall–Kier alpha value is -3.22. The van der Waals surface area contributed by atoms with Crippen LogP contribution in [0.1, 0.15) is 26.6 Å². The second-order valence-corrected chi connectivity index (χ2v) is 8.99. The zero-order valence-corrected chi connectivity index (χ0v) is 19.8. The van der Waals surface area contributed by atoms with Crippen molar-refractivity contribution in [1.82, 2.24) is 9.97 Å². The van der Waals surface area contributed by atoms with Crippen molar-refractivity contribution in [2.24, 2.45) is 0 Å². The molecular weight excluding hydrogens is 404 g/mol. The first-order chi connectivity index (χ1) is 15.4. The van der Waals surface area contributed by atoms with Gasteiger partial charge in [0.05, 0.1) is 32.5 Å². The molecule has 32 heavy (non-hydrogen) atoms. The molecule has 0 unspecified atom stereocenters. The number of hydrogen-bond donors (Lipinski definition) is 0. The fourth-order valence-electron chi connectivity index (χ4n) is 4.07. The molecule has 2 heterocycles. The van der Waals surface area contributed by atoms with Crippen molar-refractivity contribution in [3.8, 4) is 17.2 Å². The van der Waals surface area contributed by atoms with Gasteiger partial charge in [0, 0.05) is 43.0 Å². The number of rotatable bonds is 5. The van der Waals surface area contributed by atoms with Crippen LogP contribution in [0.15, 0.2) is 36.4 Å². The summed E-state index contributed by atoms with van der Waals surface area (Å²) in [7, 11) is 5.02. The molecule has 3 aromatic rings. The van der Waals surface area contributed by atoms with Crippen molar-refractivity contribution in [3.63, 3.8) is 0 Å². The first-order valence-corrected chi connectivity index (χ1v) is 10.9. The monoisotopic (exact) mass is 436 g/mol. The third-order valence-corrected chi connectivity index (χ3v) is 5.86. The number of piperazine rings is 1. The van der Waals surface area contributed by atoms with E-state index in [0.29, 0.717) is 11.5 Å². The van der Waals surface area contributed by atoms with E-state index in [1.807, 2.05) is 24.3 Å². The van der Waals surface area contributed by atoms with Gasteiger partial charge in [0.1, 0.15) is 17.4 Å². The number of para-hydroxylation sites is 2. The summed E-state index contributed by atoms with van der Waals surface area (Å²) in [6, 6.07) is 12.1. The van der Waals surface area contributed by atoms with Gasteiger partial charge in [0.2, 0.25) is 0 Å². The number of nitrogens with zero attached hydrogens (tertiary/aromatic N) is 4. The summed E-state index contributed by atoms with van der Waals surface area (Å²) < 4.78 is 16.7. The van der Waals surface area contributed by atoms with Crippen LogP contribution in [0.5, 0.6) is 17.2 Å². The van der Waals surface area contributed by atoms with Crippen LogP contribution in [0.4, 0.5) is 11.5 Å². The molecule has 0 bridgehead atoms. The summed E-state index contributed by atoms with van der Waals surface area (Å²) in [6.07, 6.45) is 0. The highest BCUT2D eigenvalue weighted by atomic mass is 16.5. The van der Waals surface area contributed by atoms with Crippen LogP contribution < -0.4 is 24.0 Å². The fourth-order valence-corrected chi connectivity index (χ4v) is 4.07. The SMILES string of the molecule is COc1cc2nc(C(C)(C)C)nc(N3CCN(c4ccccc4OC)CC3)c2cc1OC. The average molecular weight is 437 g/mol. The minimum absolute atomic E-state index is 0.171. The van der Waals surface area contributed by atoms with Gasteiger partial charge in [-0.05, 0) is 18.2 Å². The summed E-state index contributed by atoms with van der Waals surface area (Å²) in [4.78, 5) is 14.6. The molecule has 1 fully saturated rings. The lowest BCUT2D eigenvalue weighted by Gasteiger charge is -2.38. The summed E-state index contributed by atoms with van der Waals surface area (Å²) in [6.45, 7) is 9.87. The van der Waals surface area contributed by atoms with E-state index in [1.165, 1.54) is 0 Å². The Morgan fingerprint density at radius 2 is 1.34 bits per heavy atom. The van der Waals surface area contributed by atoms with E-state index in [9.17, 15) is 0 Å². The second kappa shape index (κ2) is 8.73. The van der Waals surface area contributed by atoms with Gasteiger partial charge in [0.25, 0.3) is 0 Å². The normalized spacial score (nSPS) is 14.6. The predicted octanol–water partition coefficient (Wildman–Crippen LogP) is 4.28. The molecule has 0 N–H and O–H groups in total. The maximum absolute atomic E-state index is 5.57. The predicted molar refractivity (Wildman–Crippen MR) is 129 cm³/mol. The van der Waals surface area contributed by atoms with Crippen LogP contribution in [-0.4, -0.2) is 57.5 Å². The molecule has 0 amide bonds. The Labute approximate surface area is 189 Å². The van der Waals surface area contributed by atoms with Crippen molar-refractivity contribution in [1.29, 1.82) is 0 Å². The third kappa shape index (κ3) is 4.11. The summed E-state index contributed by atoms with van der Waals surface area (Å²) >= 11 is 0. The fraction of sp³-hybridized carbons (Fsp3) is 0.440. The van der Waals surface area contributed by atoms with Crippen molar-refractivity contribution in [2.75, 3.05) is 57.3 Å². The molecule has 7 nitrogen and oxygen atoms in total. The summed E-state index contributed by atoms with van der Waals surface area (Å²) in [5.74, 6) is 4.02. The van der Waals surface area contributed by atoms with Crippen LogP contribution >= 0.6 is 0 Å². The first-order valence-electron chi connectivity index (χ1n) is 10.9. The number of methoxy groups -OCH3 is 3. The molecule has 2 aromatic carbocycles. The number of hydrogen-bond acceptors (Lipinski definition) is 7. The molecule has 0 saturated carbocycles. The van der Waals surface area contributed by atoms with E-state index < -0.39 is 0 Å². The van der Waals surface area contributed by atoms with Crippen molar-refractivity contribution < 1.29 is 14.2 Å². The lowest BCUT2D eigenvalue weighted by molar-refractivity contribution is 0.355. The summed E-state index contributed by atoms with van der Waals surface area (Å²) in [5, 5.41) is 0.974. The van der Waals surface area contributed by atoms with Crippen LogP contribution in [0.3, 0.4) is 0 Å². The number of benzene rings is 2. The number of aromatic nitrogens is 2. The van der Waals surface area contributed by atoms with E-state index in [2.05, 4.69) is 42.7 Å².